The second kappa shape index (κ2) is 8.89. The van der Waals surface area contributed by atoms with Gasteiger partial charge in [-0.15, -0.1) is 11.3 Å². The van der Waals surface area contributed by atoms with Crippen molar-refractivity contribution in [1.82, 2.24) is 14.5 Å². The number of rotatable bonds is 7. The average Bonchev–Trinajstić information content (AvgIpc) is 3.14. The molecule has 0 aliphatic heterocycles. The van der Waals surface area contributed by atoms with E-state index in [2.05, 4.69) is 5.32 Å². The summed E-state index contributed by atoms with van der Waals surface area (Å²) in [7, 11) is 0. The number of aliphatic carboxylic acids is 1. The monoisotopic (exact) mass is 441 g/mol. The summed E-state index contributed by atoms with van der Waals surface area (Å²) in [6.07, 6.45) is 4.15. The summed E-state index contributed by atoms with van der Waals surface area (Å²) in [6, 6.07) is 9.72. The van der Waals surface area contributed by atoms with Crippen LogP contribution >= 0.6 is 11.3 Å². The Balaban J connectivity index is 1.66. The highest BCUT2D eigenvalue weighted by Gasteiger charge is 2.25. The number of aryl methyl sites for hydroxylation is 2. The molecule has 8 nitrogen and oxygen atoms in total. The van der Waals surface area contributed by atoms with Crippen molar-refractivity contribution < 1.29 is 14.7 Å². The maximum atomic E-state index is 13.0. The fourth-order valence-electron chi connectivity index (χ4n) is 4.02. The lowest BCUT2D eigenvalue weighted by Crippen LogP contribution is -2.43. The van der Waals surface area contributed by atoms with Crippen molar-refractivity contribution in [2.45, 2.75) is 45.2 Å². The summed E-state index contributed by atoms with van der Waals surface area (Å²) in [6.45, 7) is -0.576. The number of fused-ring (bicyclic) bond motifs is 3. The molecule has 0 fully saturated rings. The van der Waals surface area contributed by atoms with Crippen LogP contribution in [0.25, 0.3) is 10.2 Å². The van der Waals surface area contributed by atoms with Crippen LogP contribution in [0.4, 0.5) is 0 Å². The van der Waals surface area contributed by atoms with E-state index in [-0.39, 0.29) is 12.5 Å². The van der Waals surface area contributed by atoms with E-state index >= 15 is 0 Å². The first-order valence-electron chi connectivity index (χ1n) is 10.3. The van der Waals surface area contributed by atoms with Crippen LogP contribution in [0.2, 0.25) is 0 Å². The van der Waals surface area contributed by atoms with Crippen molar-refractivity contribution >= 4 is 33.4 Å². The van der Waals surface area contributed by atoms with Gasteiger partial charge >= 0.3 is 11.7 Å². The van der Waals surface area contributed by atoms with Gasteiger partial charge < -0.3 is 10.4 Å². The number of carboxylic acid groups (broad SMARTS) is 1. The molecule has 162 valence electrons. The summed E-state index contributed by atoms with van der Waals surface area (Å²) in [4.78, 5) is 51.3. The predicted molar refractivity (Wildman–Crippen MR) is 118 cm³/mol. The topological polar surface area (TPSA) is 110 Å². The molecule has 2 heterocycles. The largest absolute Gasteiger partial charge is 0.480 e. The summed E-state index contributed by atoms with van der Waals surface area (Å²) in [5.41, 5.74) is 0.635. The number of hydrogen-bond acceptors (Lipinski definition) is 5. The molecule has 31 heavy (non-hydrogen) atoms. The number of thiophene rings is 1. The minimum atomic E-state index is -1.28. The summed E-state index contributed by atoms with van der Waals surface area (Å²) >= 11 is 1.37. The maximum absolute atomic E-state index is 13.0. The number of aromatic nitrogens is 2. The lowest BCUT2D eigenvalue weighted by molar-refractivity contribution is -0.137. The summed E-state index contributed by atoms with van der Waals surface area (Å²) in [5, 5.41) is 12.4. The van der Waals surface area contributed by atoms with Gasteiger partial charge in [0.2, 0.25) is 5.91 Å². The molecule has 1 aliphatic carbocycles. The molecule has 3 aromatic rings. The van der Waals surface area contributed by atoms with Gasteiger partial charge in [0, 0.05) is 11.4 Å². The predicted octanol–water partition coefficient (Wildman–Crippen LogP) is 1.55. The molecule has 0 radical (unpaired) electrons. The normalized spacial score (nSPS) is 13.2. The third-order valence-corrected chi connectivity index (χ3v) is 6.81. The molecule has 1 aliphatic rings. The Morgan fingerprint density at radius 2 is 1.77 bits per heavy atom. The number of carboxylic acids is 1. The Labute approximate surface area is 181 Å². The molecule has 1 aromatic carbocycles. The molecule has 0 bridgehead atoms. The zero-order chi connectivity index (χ0) is 22.0. The van der Waals surface area contributed by atoms with Gasteiger partial charge in [-0.2, -0.15) is 0 Å². The molecule has 4 rings (SSSR count). The second-order valence-electron chi connectivity index (χ2n) is 7.63. The van der Waals surface area contributed by atoms with Gasteiger partial charge in [-0.25, -0.2) is 9.36 Å². The lowest BCUT2D eigenvalue weighted by Gasteiger charge is -2.12. The third kappa shape index (κ3) is 4.32. The first kappa shape index (κ1) is 21.0. The number of nitrogens with zero attached hydrogens (tertiary/aromatic N) is 2. The second-order valence-corrected chi connectivity index (χ2v) is 8.71. The van der Waals surface area contributed by atoms with Crippen molar-refractivity contribution in [2.24, 2.45) is 0 Å². The molecular weight excluding hydrogens is 418 g/mol. The van der Waals surface area contributed by atoms with E-state index in [4.69, 9.17) is 0 Å². The summed E-state index contributed by atoms with van der Waals surface area (Å²) in [5.74, 6) is -1.63. The van der Waals surface area contributed by atoms with Crippen LogP contribution in [-0.4, -0.2) is 32.7 Å². The van der Waals surface area contributed by atoms with E-state index in [0.29, 0.717) is 23.2 Å². The highest BCUT2D eigenvalue weighted by atomic mass is 32.1. The van der Waals surface area contributed by atoms with Gasteiger partial charge in [-0.05, 0) is 43.2 Å². The minimum absolute atomic E-state index is 0.261. The zero-order valence-corrected chi connectivity index (χ0v) is 17.7. The van der Waals surface area contributed by atoms with Crippen molar-refractivity contribution in [2.75, 3.05) is 6.54 Å². The van der Waals surface area contributed by atoms with Crippen LogP contribution in [-0.2, 0) is 41.9 Å². The highest BCUT2D eigenvalue weighted by molar-refractivity contribution is 7.18. The van der Waals surface area contributed by atoms with Gasteiger partial charge in [-0.1, -0.05) is 30.3 Å². The molecule has 1 amide bonds. The molecular formula is C22H23N3O5S. The minimum Gasteiger partial charge on any atom is -0.480 e. The Kier molecular flexibility index (Phi) is 6.03. The number of amides is 1. The molecule has 0 saturated carbocycles. The highest BCUT2D eigenvalue weighted by Crippen LogP contribution is 2.34. The quantitative estimate of drug-likeness (QED) is 0.578. The van der Waals surface area contributed by atoms with Gasteiger partial charge in [0.05, 0.1) is 5.39 Å². The van der Waals surface area contributed by atoms with E-state index in [1.54, 1.807) is 0 Å². The lowest BCUT2D eigenvalue weighted by atomic mass is 9.97. The van der Waals surface area contributed by atoms with Crippen LogP contribution < -0.4 is 16.6 Å². The standard InChI is InChI=1S/C22H23N3O5S/c26-17(23-11-10-14-6-2-1-3-7-14)12-25-21-19(15-8-4-5-9-16(15)31-21)20(29)24(22(25)30)13-18(27)28/h1-3,6-7H,4-5,8-13H2,(H,23,26)(H,27,28). The Hall–Kier alpha value is -3.20. The van der Waals surface area contributed by atoms with Gasteiger partial charge in [-0.3, -0.25) is 19.0 Å². The van der Waals surface area contributed by atoms with Crippen LogP contribution in [0.3, 0.4) is 0 Å². The number of carbonyl (C=O) groups is 2. The van der Waals surface area contributed by atoms with E-state index in [1.807, 2.05) is 30.3 Å². The molecule has 2 aromatic heterocycles. The Bertz CT molecular complexity index is 1260. The third-order valence-electron chi connectivity index (χ3n) is 5.49. The van der Waals surface area contributed by atoms with Crippen LogP contribution in [0.1, 0.15) is 28.8 Å². The SMILES string of the molecule is O=C(O)Cn1c(=O)c2c3c(sc2n(CC(=O)NCCc2ccccc2)c1=O)CCCC3. The number of benzene rings is 1. The van der Waals surface area contributed by atoms with Gasteiger partial charge in [0.15, 0.2) is 0 Å². The smallest absolute Gasteiger partial charge is 0.333 e. The number of carbonyl (C=O) groups excluding carboxylic acids is 1. The van der Waals surface area contributed by atoms with E-state index in [9.17, 15) is 24.3 Å². The maximum Gasteiger partial charge on any atom is 0.333 e. The van der Waals surface area contributed by atoms with Crippen LogP contribution in [0.15, 0.2) is 39.9 Å². The zero-order valence-electron chi connectivity index (χ0n) is 16.9. The first-order chi connectivity index (χ1) is 15.0. The number of nitrogens with one attached hydrogen (secondary N) is 1. The molecule has 0 unspecified atom stereocenters. The van der Waals surface area contributed by atoms with E-state index < -0.39 is 23.8 Å². The van der Waals surface area contributed by atoms with Crippen molar-refractivity contribution in [3.63, 3.8) is 0 Å². The fourth-order valence-corrected chi connectivity index (χ4v) is 5.39. The molecule has 2 N–H and O–H groups in total. The van der Waals surface area contributed by atoms with Gasteiger partial charge in [0.1, 0.15) is 17.9 Å². The Morgan fingerprint density at radius 1 is 1.03 bits per heavy atom. The van der Waals surface area contributed by atoms with Crippen LogP contribution in [0.5, 0.6) is 0 Å². The van der Waals surface area contributed by atoms with Crippen LogP contribution in [0, 0.1) is 0 Å². The van der Waals surface area contributed by atoms with E-state index in [0.717, 1.165) is 46.3 Å². The molecule has 9 heteroatoms. The van der Waals surface area contributed by atoms with E-state index in [1.165, 1.54) is 15.9 Å². The number of hydrogen-bond donors (Lipinski definition) is 2. The summed E-state index contributed by atoms with van der Waals surface area (Å²) < 4.78 is 1.98. The average molecular weight is 442 g/mol. The van der Waals surface area contributed by atoms with Crippen molar-refractivity contribution in [3.05, 3.63) is 67.2 Å². The first-order valence-corrected chi connectivity index (χ1v) is 11.1. The van der Waals surface area contributed by atoms with Crippen molar-refractivity contribution in [1.29, 1.82) is 0 Å². The molecule has 0 saturated heterocycles. The van der Waals surface area contributed by atoms with Gasteiger partial charge in [0.25, 0.3) is 5.56 Å². The van der Waals surface area contributed by atoms with Crippen molar-refractivity contribution in [3.8, 4) is 0 Å². The molecule has 0 atom stereocenters. The Morgan fingerprint density at radius 3 is 2.52 bits per heavy atom. The molecule has 0 spiro atoms. The fraction of sp³-hybridized carbons (Fsp3) is 0.364.